The van der Waals surface area contributed by atoms with Crippen LogP contribution < -0.4 is 14.2 Å². The molecule has 3 saturated carbocycles. The topological polar surface area (TPSA) is 27.7 Å². The molecular weight excluding hydrogens is 480 g/mol. The summed E-state index contributed by atoms with van der Waals surface area (Å²) >= 11 is 0. The van der Waals surface area contributed by atoms with Crippen LogP contribution in [0, 0.1) is 0 Å². The second-order valence-corrected chi connectivity index (χ2v) is 11.9. The molecule has 0 saturated heterocycles. The van der Waals surface area contributed by atoms with E-state index in [0.29, 0.717) is 25.0 Å². The number of hydrogen-bond acceptors (Lipinski definition) is 3. The zero-order valence-electron chi connectivity index (χ0n) is 22.3. The van der Waals surface area contributed by atoms with Crippen LogP contribution >= 0.6 is 0 Å². The average Bonchev–Trinajstić information content (AvgIpc) is 3.88. The van der Waals surface area contributed by atoms with E-state index in [1.54, 1.807) is 0 Å². The van der Waals surface area contributed by atoms with Gasteiger partial charge in [-0.25, -0.2) is 0 Å². The second-order valence-electron chi connectivity index (χ2n) is 11.9. The molecule has 3 fully saturated rings. The van der Waals surface area contributed by atoms with Gasteiger partial charge in [0.2, 0.25) is 0 Å². The molecule has 0 unspecified atom stereocenters. The molecule has 4 aromatic rings. The zero-order valence-corrected chi connectivity index (χ0v) is 22.3. The van der Waals surface area contributed by atoms with Gasteiger partial charge in [0.05, 0.1) is 0 Å². The Kier molecular flexibility index (Phi) is 5.46. The monoisotopic (exact) mass is 514 g/mol. The van der Waals surface area contributed by atoms with Gasteiger partial charge in [0.25, 0.3) is 0 Å². The van der Waals surface area contributed by atoms with E-state index in [2.05, 4.69) is 84.9 Å². The zero-order chi connectivity index (χ0) is 25.8. The minimum atomic E-state index is -0.257. The SMILES string of the molecule is c1ccc(COc2cc3c(cc2C2CC2)-c2cc(C4CC4)c(OCc4ccccc4)cc2C2(CCC2)O3)cc1. The maximum absolute atomic E-state index is 6.93. The Morgan fingerprint density at radius 3 is 1.69 bits per heavy atom. The molecule has 0 atom stereocenters. The molecule has 0 radical (unpaired) electrons. The van der Waals surface area contributed by atoms with E-state index in [4.69, 9.17) is 14.2 Å². The molecule has 0 amide bonds. The van der Waals surface area contributed by atoms with Crippen molar-refractivity contribution in [2.24, 2.45) is 0 Å². The third kappa shape index (κ3) is 4.29. The van der Waals surface area contributed by atoms with Crippen LogP contribution in [0.3, 0.4) is 0 Å². The predicted octanol–water partition coefficient (Wildman–Crippen LogP) is 9.04. The minimum Gasteiger partial charge on any atom is -0.489 e. The summed E-state index contributed by atoms with van der Waals surface area (Å²) in [4.78, 5) is 0. The van der Waals surface area contributed by atoms with Crippen molar-refractivity contribution in [3.05, 3.63) is 113 Å². The van der Waals surface area contributed by atoms with Gasteiger partial charge in [0.15, 0.2) is 0 Å². The summed E-state index contributed by atoms with van der Waals surface area (Å²) in [6, 6.07) is 30.3. The molecule has 4 aromatic carbocycles. The van der Waals surface area contributed by atoms with Gasteiger partial charge >= 0.3 is 0 Å². The first-order valence-corrected chi connectivity index (χ1v) is 14.6. The van der Waals surface area contributed by atoms with Crippen LogP contribution in [0.15, 0.2) is 84.9 Å². The van der Waals surface area contributed by atoms with Crippen molar-refractivity contribution in [3.63, 3.8) is 0 Å². The van der Waals surface area contributed by atoms with Crippen molar-refractivity contribution < 1.29 is 14.2 Å². The molecule has 4 aliphatic rings. The molecule has 3 heteroatoms. The third-order valence-corrected chi connectivity index (χ3v) is 9.02. The normalized spacial score (nSPS) is 18.5. The van der Waals surface area contributed by atoms with E-state index in [0.717, 1.165) is 30.1 Å². The molecular formula is C36H34O3. The molecule has 8 rings (SSSR count). The molecule has 0 aromatic heterocycles. The maximum atomic E-state index is 6.93. The summed E-state index contributed by atoms with van der Waals surface area (Å²) in [6.07, 6.45) is 8.24. The van der Waals surface area contributed by atoms with Crippen molar-refractivity contribution in [2.75, 3.05) is 0 Å². The molecule has 39 heavy (non-hydrogen) atoms. The van der Waals surface area contributed by atoms with Crippen molar-refractivity contribution in [1.82, 2.24) is 0 Å². The predicted molar refractivity (Wildman–Crippen MR) is 154 cm³/mol. The lowest BCUT2D eigenvalue weighted by Crippen LogP contribution is -2.42. The molecule has 0 bridgehead atoms. The largest absolute Gasteiger partial charge is 0.489 e. The summed E-state index contributed by atoms with van der Waals surface area (Å²) in [5, 5.41) is 0. The molecule has 1 heterocycles. The van der Waals surface area contributed by atoms with Gasteiger partial charge in [0, 0.05) is 17.2 Å². The number of fused-ring (bicyclic) bond motifs is 4. The van der Waals surface area contributed by atoms with E-state index in [1.807, 2.05) is 0 Å². The fourth-order valence-electron chi connectivity index (χ4n) is 6.35. The highest BCUT2D eigenvalue weighted by atomic mass is 16.5. The fraction of sp³-hybridized carbons (Fsp3) is 0.333. The Morgan fingerprint density at radius 1 is 0.641 bits per heavy atom. The van der Waals surface area contributed by atoms with E-state index < -0.39 is 0 Å². The summed E-state index contributed by atoms with van der Waals surface area (Å²) in [7, 11) is 0. The van der Waals surface area contributed by atoms with Gasteiger partial charge in [-0.2, -0.15) is 0 Å². The van der Waals surface area contributed by atoms with Crippen molar-refractivity contribution in [3.8, 4) is 28.4 Å². The number of rotatable bonds is 8. The molecule has 1 spiro atoms. The summed E-state index contributed by atoms with van der Waals surface area (Å²) in [6.45, 7) is 1.17. The van der Waals surface area contributed by atoms with Crippen molar-refractivity contribution in [2.45, 2.75) is 75.6 Å². The van der Waals surface area contributed by atoms with Crippen LogP contribution in [-0.2, 0) is 18.8 Å². The number of ether oxygens (including phenoxy) is 3. The first-order chi connectivity index (χ1) is 19.3. The minimum absolute atomic E-state index is 0.257. The summed E-state index contributed by atoms with van der Waals surface area (Å²) < 4.78 is 19.9. The smallest absolute Gasteiger partial charge is 0.135 e. The average molecular weight is 515 g/mol. The van der Waals surface area contributed by atoms with Crippen LogP contribution in [0.4, 0.5) is 0 Å². The Hall–Kier alpha value is -3.72. The number of hydrogen-bond donors (Lipinski definition) is 0. The van der Waals surface area contributed by atoms with E-state index in [-0.39, 0.29) is 5.60 Å². The van der Waals surface area contributed by atoms with Crippen LogP contribution in [0.5, 0.6) is 17.2 Å². The van der Waals surface area contributed by atoms with Gasteiger partial charge in [-0.3, -0.25) is 0 Å². The van der Waals surface area contributed by atoms with E-state index in [1.165, 1.54) is 71.0 Å². The van der Waals surface area contributed by atoms with Gasteiger partial charge in [-0.15, -0.1) is 0 Å². The Balaban J connectivity index is 1.20. The summed E-state index contributed by atoms with van der Waals surface area (Å²) in [5.74, 6) is 4.20. The van der Waals surface area contributed by atoms with Crippen LogP contribution in [0.1, 0.15) is 84.6 Å². The van der Waals surface area contributed by atoms with Crippen LogP contribution in [0.2, 0.25) is 0 Å². The molecule has 3 aliphatic carbocycles. The highest BCUT2D eigenvalue weighted by molar-refractivity contribution is 5.81. The lowest BCUT2D eigenvalue weighted by atomic mass is 9.70. The van der Waals surface area contributed by atoms with Crippen LogP contribution in [0.25, 0.3) is 11.1 Å². The lowest BCUT2D eigenvalue weighted by molar-refractivity contribution is -0.0148. The molecule has 1 aliphatic heterocycles. The maximum Gasteiger partial charge on any atom is 0.135 e. The van der Waals surface area contributed by atoms with Gasteiger partial charge < -0.3 is 14.2 Å². The highest BCUT2D eigenvalue weighted by Gasteiger charge is 2.47. The quantitative estimate of drug-likeness (QED) is 0.235. The summed E-state index contributed by atoms with van der Waals surface area (Å²) in [5.41, 5.74) is 8.73. The molecule has 0 N–H and O–H groups in total. The van der Waals surface area contributed by atoms with Crippen molar-refractivity contribution >= 4 is 0 Å². The highest BCUT2D eigenvalue weighted by Crippen LogP contribution is 2.59. The Bertz CT molecular complexity index is 1510. The van der Waals surface area contributed by atoms with Gasteiger partial charge in [0.1, 0.15) is 36.1 Å². The first kappa shape index (κ1) is 23.2. The first-order valence-electron chi connectivity index (χ1n) is 14.6. The fourth-order valence-corrected chi connectivity index (χ4v) is 6.35. The standard InChI is InChI=1S/C36H34O3/c1-3-8-24(9-4-1)22-37-33-20-32-30(18-28(33)26-12-13-26)31-19-29(27-14-15-27)34(38-23-25-10-5-2-6-11-25)21-35(31)39-36(32)16-7-17-36/h1-6,8-11,18-21,26-27H,7,12-17,22-23H2. The van der Waals surface area contributed by atoms with E-state index >= 15 is 0 Å². The molecule has 3 nitrogen and oxygen atoms in total. The third-order valence-electron chi connectivity index (χ3n) is 9.02. The Morgan fingerprint density at radius 2 is 1.18 bits per heavy atom. The second kappa shape index (κ2) is 9.19. The lowest BCUT2D eigenvalue weighted by Gasteiger charge is -2.47. The Labute approximate surface area is 230 Å². The van der Waals surface area contributed by atoms with Gasteiger partial charge in [-0.05, 0) is 103 Å². The van der Waals surface area contributed by atoms with E-state index in [9.17, 15) is 0 Å². The molecule has 196 valence electrons. The van der Waals surface area contributed by atoms with Crippen molar-refractivity contribution in [1.29, 1.82) is 0 Å². The van der Waals surface area contributed by atoms with Crippen LogP contribution in [-0.4, -0.2) is 0 Å². The van der Waals surface area contributed by atoms with Gasteiger partial charge in [-0.1, -0.05) is 60.7 Å². The number of benzene rings is 4.